The second kappa shape index (κ2) is 6.46. The molecule has 0 radical (unpaired) electrons. The third-order valence-corrected chi connectivity index (χ3v) is 6.79. The molecule has 7 heteroatoms. The van der Waals surface area contributed by atoms with Crippen molar-refractivity contribution in [3.8, 4) is 0 Å². The highest BCUT2D eigenvalue weighted by Crippen LogP contribution is 2.52. The molecule has 2 amide bonds. The van der Waals surface area contributed by atoms with Crippen LogP contribution < -0.4 is 0 Å². The summed E-state index contributed by atoms with van der Waals surface area (Å²) in [5.41, 5.74) is -0.618. The second-order valence-electron chi connectivity index (χ2n) is 7.46. The summed E-state index contributed by atoms with van der Waals surface area (Å²) in [6.07, 6.45) is 7.28. The van der Waals surface area contributed by atoms with E-state index < -0.39 is 17.4 Å². The highest BCUT2D eigenvalue weighted by atomic mass is 32.1. The maximum atomic E-state index is 13.2. The Hall–Kier alpha value is -1.73. The molecule has 1 spiro atoms. The van der Waals surface area contributed by atoms with Crippen LogP contribution >= 0.6 is 11.3 Å². The fraction of sp³-hybridized carbons (Fsp3) is 0.632. The van der Waals surface area contributed by atoms with Crippen molar-refractivity contribution in [2.24, 2.45) is 11.8 Å². The van der Waals surface area contributed by atoms with Gasteiger partial charge in [0.2, 0.25) is 11.8 Å². The molecule has 2 fully saturated rings. The molecule has 140 valence electrons. The van der Waals surface area contributed by atoms with Crippen LogP contribution in [0.4, 0.5) is 0 Å². The summed E-state index contributed by atoms with van der Waals surface area (Å²) >= 11 is 1.53. The van der Waals surface area contributed by atoms with E-state index in [-0.39, 0.29) is 24.0 Å². The van der Waals surface area contributed by atoms with Crippen LogP contribution in [0.1, 0.15) is 31.7 Å². The lowest BCUT2D eigenvalue weighted by Gasteiger charge is -2.29. The first-order valence-corrected chi connectivity index (χ1v) is 10.2. The monoisotopic (exact) mass is 375 g/mol. The Labute approximate surface area is 157 Å². The van der Waals surface area contributed by atoms with Crippen molar-refractivity contribution in [2.45, 2.75) is 51.0 Å². The quantitative estimate of drug-likeness (QED) is 0.714. The van der Waals surface area contributed by atoms with Gasteiger partial charge in [-0.25, -0.2) is 4.98 Å². The Bertz CT molecular complexity index is 730. The number of carbonyl (C=O) groups is 2. The molecule has 4 heterocycles. The molecule has 0 aromatic carbocycles. The molecule has 1 aromatic rings. The Morgan fingerprint density at radius 1 is 1.50 bits per heavy atom. The lowest BCUT2D eigenvalue weighted by molar-refractivity contribution is -0.143. The minimum atomic E-state index is -0.618. The molecule has 6 nitrogen and oxygen atoms in total. The van der Waals surface area contributed by atoms with E-state index in [2.05, 4.69) is 18.8 Å². The Kier molecular flexibility index (Phi) is 4.39. The number of aromatic nitrogens is 1. The SMILES string of the molecule is CCC(CC)N1C[C@]23C=C[C@H](O2)[C@@H](C(=O)N(C)Cc2nccs2)[C@H]3C1=O. The van der Waals surface area contributed by atoms with E-state index in [1.807, 2.05) is 22.4 Å². The Balaban J connectivity index is 1.57. The van der Waals surface area contributed by atoms with Gasteiger partial charge < -0.3 is 14.5 Å². The first-order chi connectivity index (χ1) is 12.5. The number of likely N-dealkylation sites (tertiary alicyclic amines) is 1. The number of thiazole rings is 1. The molecule has 3 aliphatic rings. The minimum absolute atomic E-state index is 0.0267. The lowest BCUT2D eigenvalue weighted by atomic mass is 9.76. The highest BCUT2D eigenvalue weighted by Gasteiger charge is 2.67. The van der Waals surface area contributed by atoms with Gasteiger partial charge in [-0.15, -0.1) is 11.3 Å². The van der Waals surface area contributed by atoms with E-state index in [1.54, 1.807) is 18.1 Å². The van der Waals surface area contributed by atoms with Crippen LogP contribution in [-0.4, -0.2) is 57.9 Å². The van der Waals surface area contributed by atoms with Crippen molar-refractivity contribution in [1.29, 1.82) is 0 Å². The van der Waals surface area contributed by atoms with Crippen LogP contribution in [-0.2, 0) is 20.9 Å². The van der Waals surface area contributed by atoms with Crippen molar-refractivity contribution in [3.05, 3.63) is 28.7 Å². The van der Waals surface area contributed by atoms with Crippen LogP contribution in [0.5, 0.6) is 0 Å². The van der Waals surface area contributed by atoms with Crippen molar-refractivity contribution in [3.63, 3.8) is 0 Å². The normalized spacial score (nSPS) is 31.9. The van der Waals surface area contributed by atoms with Crippen molar-refractivity contribution < 1.29 is 14.3 Å². The predicted molar refractivity (Wildman–Crippen MR) is 98.4 cm³/mol. The van der Waals surface area contributed by atoms with Crippen molar-refractivity contribution >= 4 is 23.2 Å². The molecule has 0 aliphatic carbocycles. The molecule has 2 saturated heterocycles. The highest BCUT2D eigenvalue weighted by molar-refractivity contribution is 7.09. The molecule has 4 rings (SSSR count). The zero-order valence-electron chi connectivity index (χ0n) is 15.4. The number of hydrogen-bond donors (Lipinski definition) is 0. The van der Waals surface area contributed by atoms with Gasteiger partial charge in [0, 0.05) is 24.7 Å². The van der Waals surface area contributed by atoms with E-state index in [9.17, 15) is 9.59 Å². The third kappa shape index (κ3) is 2.52. The van der Waals surface area contributed by atoms with Crippen LogP contribution in [0.25, 0.3) is 0 Å². The first kappa shape index (κ1) is 17.7. The smallest absolute Gasteiger partial charge is 0.230 e. The number of rotatable bonds is 6. The molecular weight excluding hydrogens is 350 g/mol. The second-order valence-corrected chi connectivity index (χ2v) is 8.44. The molecule has 26 heavy (non-hydrogen) atoms. The summed E-state index contributed by atoms with van der Waals surface area (Å²) in [7, 11) is 1.78. The van der Waals surface area contributed by atoms with Gasteiger partial charge >= 0.3 is 0 Å². The molecular formula is C19H25N3O3S. The van der Waals surface area contributed by atoms with Gasteiger partial charge in [-0.1, -0.05) is 26.0 Å². The average molecular weight is 375 g/mol. The van der Waals surface area contributed by atoms with Crippen LogP contribution in [0, 0.1) is 11.8 Å². The maximum absolute atomic E-state index is 13.2. The van der Waals surface area contributed by atoms with E-state index in [4.69, 9.17) is 4.74 Å². The van der Waals surface area contributed by atoms with Gasteiger partial charge in [0.1, 0.15) is 10.6 Å². The van der Waals surface area contributed by atoms with E-state index >= 15 is 0 Å². The fourth-order valence-corrected chi connectivity index (χ4v) is 5.38. The number of ether oxygens (including phenoxy) is 1. The standard InChI is InChI=1S/C19H25N3O3S/c1-4-12(5-2)22-11-19-7-6-13(25-19)15(16(19)18(22)24)17(23)21(3)10-14-20-8-9-26-14/h6-9,12-13,15-16H,4-5,10-11H2,1-3H3/t13-,15+,16-,19-/m0/s1. The lowest BCUT2D eigenvalue weighted by Crippen LogP contribution is -2.45. The van der Waals surface area contributed by atoms with Crippen molar-refractivity contribution in [2.75, 3.05) is 13.6 Å². The first-order valence-electron chi connectivity index (χ1n) is 9.31. The number of nitrogens with zero attached hydrogens (tertiary/aromatic N) is 3. The van der Waals surface area contributed by atoms with E-state index in [0.717, 1.165) is 17.8 Å². The molecule has 3 aliphatic heterocycles. The molecule has 4 atom stereocenters. The Morgan fingerprint density at radius 3 is 2.92 bits per heavy atom. The van der Waals surface area contributed by atoms with Crippen LogP contribution in [0.15, 0.2) is 23.7 Å². The largest absolute Gasteiger partial charge is 0.360 e. The topological polar surface area (TPSA) is 62.7 Å². The molecule has 0 unspecified atom stereocenters. The van der Waals surface area contributed by atoms with Gasteiger partial charge in [-0.05, 0) is 12.8 Å². The number of amides is 2. The van der Waals surface area contributed by atoms with E-state index in [0.29, 0.717) is 13.1 Å². The number of hydrogen-bond acceptors (Lipinski definition) is 5. The summed E-state index contributed by atoms with van der Waals surface area (Å²) in [6, 6.07) is 0.210. The minimum Gasteiger partial charge on any atom is -0.360 e. The van der Waals surface area contributed by atoms with E-state index in [1.165, 1.54) is 11.3 Å². The van der Waals surface area contributed by atoms with Gasteiger partial charge in [0.25, 0.3) is 0 Å². The summed E-state index contributed by atoms with van der Waals surface area (Å²) < 4.78 is 6.21. The molecule has 0 saturated carbocycles. The summed E-state index contributed by atoms with van der Waals surface area (Å²) in [5.74, 6) is -0.783. The fourth-order valence-electron chi connectivity index (χ4n) is 4.71. The van der Waals surface area contributed by atoms with Crippen LogP contribution in [0.3, 0.4) is 0 Å². The maximum Gasteiger partial charge on any atom is 0.230 e. The Morgan fingerprint density at radius 2 is 2.27 bits per heavy atom. The predicted octanol–water partition coefficient (Wildman–Crippen LogP) is 2.07. The molecule has 0 N–H and O–H groups in total. The molecule has 1 aromatic heterocycles. The zero-order valence-corrected chi connectivity index (χ0v) is 16.2. The van der Waals surface area contributed by atoms with Gasteiger partial charge in [-0.2, -0.15) is 0 Å². The molecule has 2 bridgehead atoms. The summed E-state index contributed by atoms with van der Waals surface area (Å²) in [6.45, 7) is 5.24. The average Bonchev–Trinajstić information content (AvgIpc) is 3.38. The zero-order chi connectivity index (χ0) is 18.5. The van der Waals surface area contributed by atoms with Gasteiger partial charge in [-0.3, -0.25) is 9.59 Å². The van der Waals surface area contributed by atoms with Gasteiger partial charge in [0.05, 0.1) is 31.0 Å². The summed E-state index contributed by atoms with van der Waals surface area (Å²) in [5, 5.41) is 2.80. The summed E-state index contributed by atoms with van der Waals surface area (Å²) in [4.78, 5) is 34.3. The third-order valence-electron chi connectivity index (χ3n) is 6.03. The number of carbonyl (C=O) groups excluding carboxylic acids is 2. The van der Waals surface area contributed by atoms with Gasteiger partial charge in [0.15, 0.2) is 0 Å². The number of fused-ring (bicyclic) bond motifs is 1. The van der Waals surface area contributed by atoms with Crippen molar-refractivity contribution in [1.82, 2.24) is 14.8 Å². The van der Waals surface area contributed by atoms with Crippen LogP contribution in [0.2, 0.25) is 0 Å².